The molecule has 0 aliphatic carbocycles. The van der Waals surface area contributed by atoms with Crippen LogP contribution >= 0.6 is 0 Å². The van der Waals surface area contributed by atoms with Crippen LogP contribution in [0.3, 0.4) is 0 Å². The summed E-state index contributed by atoms with van der Waals surface area (Å²) >= 11 is 0. The Labute approximate surface area is 206 Å². The van der Waals surface area contributed by atoms with E-state index in [-0.39, 0.29) is 30.9 Å². The van der Waals surface area contributed by atoms with E-state index in [1.54, 1.807) is 12.4 Å². The normalized spacial score (nSPS) is 13.2. The SMILES string of the molecule is CC(C)(C)C(O)CC(O)C(C)(C)C.[Ir].[c-]1ccccc1-c1nccnc1-c1ccccc1. The number of aliphatic hydroxyl groups is 2. The van der Waals surface area contributed by atoms with Crippen molar-refractivity contribution in [1.29, 1.82) is 0 Å². The number of aliphatic hydroxyl groups excluding tert-OH is 2. The quantitative estimate of drug-likeness (QED) is 0.366. The summed E-state index contributed by atoms with van der Waals surface area (Å²) in [5.41, 5.74) is 3.49. The van der Waals surface area contributed by atoms with Crippen LogP contribution in [-0.2, 0) is 20.1 Å². The summed E-state index contributed by atoms with van der Waals surface area (Å²) < 4.78 is 0. The number of aromatic nitrogens is 2. The molecular weight excluding hydrogens is 577 g/mol. The molecule has 0 saturated heterocycles. The number of nitrogens with zero attached hydrogens (tertiary/aromatic N) is 2. The average Bonchev–Trinajstić information content (AvgIpc) is 2.74. The minimum Gasteiger partial charge on any atom is -0.392 e. The second-order valence-electron chi connectivity index (χ2n) is 9.90. The number of rotatable bonds is 4. The molecule has 5 heteroatoms. The largest absolute Gasteiger partial charge is 0.392 e. The maximum absolute atomic E-state index is 9.76. The van der Waals surface area contributed by atoms with Gasteiger partial charge in [0.2, 0.25) is 0 Å². The fourth-order valence-electron chi connectivity index (χ4n) is 2.80. The first-order valence-electron chi connectivity index (χ1n) is 10.7. The van der Waals surface area contributed by atoms with Crippen LogP contribution in [0.1, 0.15) is 48.0 Å². The van der Waals surface area contributed by atoms with Crippen molar-refractivity contribution in [2.75, 3.05) is 0 Å². The van der Waals surface area contributed by atoms with Crippen LogP contribution in [-0.4, -0.2) is 32.4 Å². The molecule has 2 N–H and O–H groups in total. The standard InChI is InChI=1S/C16H11N2.C11H24O2.Ir/c1-3-7-13(8-4-1)15-16(18-12-11-17-15)14-9-5-2-6-10-14;1-10(2,3)8(12)7-9(13)11(4,5)6;/h1-9,11-12H;8-9,12-13H,7H2,1-6H3;/q-1;;. The van der Waals surface area contributed by atoms with Crippen molar-refractivity contribution in [1.82, 2.24) is 9.97 Å². The Hall–Kier alpha value is -1.91. The van der Waals surface area contributed by atoms with Crippen LogP contribution in [0.15, 0.2) is 67.0 Å². The fraction of sp³-hybridized carbons (Fsp3) is 0.407. The maximum atomic E-state index is 9.76. The van der Waals surface area contributed by atoms with Gasteiger partial charge >= 0.3 is 0 Å². The molecule has 0 fully saturated rings. The van der Waals surface area contributed by atoms with E-state index in [2.05, 4.69) is 16.0 Å². The van der Waals surface area contributed by atoms with Gasteiger partial charge in [0.25, 0.3) is 0 Å². The predicted octanol–water partition coefficient (Wildman–Crippen LogP) is 5.80. The van der Waals surface area contributed by atoms with Crippen LogP contribution in [0, 0.1) is 16.9 Å². The third-order valence-electron chi connectivity index (χ3n) is 5.16. The van der Waals surface area contributed by atoms with E-state index in [4.69, 9.17) is 0 Å². The zero-order valence-corrected chi connectivity index (χ0v) is 22.2. The minimum atomic E-state index is -0.443. The van der Waals surface area contributed by atoms with E-state index >= 15 is 0 Å². The van der Waals surface area contributed by atoms with E-state index in [1.165, 1.54) is 0 Å². The van der Waals surface area contributed by atoms with Crippen molar-refractivity contribution in [3.8, 4) is 22.5 Å². The van der Waals surface area contributed by atoms with Gasteiger partial charge in [-0.15, -0.1) is 35.9 Å². The molecule has 32 heavy (non-hydrogen) atoms. The Morgan fingerprint density at radius 1 is 0.750 bits per heavy atom. The molecule has 0 saturated carbocycles. The van der Waals surface area contributed by atoms with Gasteiger partial charge < -0.3 is 15.2 Å². The van der Waals surface area contributed by atoms with Crippen molar-refractivity contribution < 1.29 is 30.3 Å². The molecule has 0 spiro atoms. The summed E-state index contributed by atoms with van der Waals surface area (Å²) in [6, 6.07) is 21.1. The summed E-state index contributed by atoms with van der Waals surface area (Å²) in [7, 11) is 0. The topological polar surface area (TPSA) is 66.2 Å². The van der Waals surface area contributed by atoms with Gasteiger partial charge in [0.05, 0.1) is 17.9 Å². The molecule has 1 radical (unpaired) electrons. The van der Waals surface area contributed by atoms with Crippen molar-refractivity contribution in [3.05, 3.63) is 73.1 Å². The number of hydrogen-bond acceptors (Lipinski definition) is 4. The molecule has 2 aromatic carbocycles. The Balaban J connectivity index is 0.000000330. The van der Waals surface area contributed by atoms with Crippen LogP contribution in [0.5, 0.6) is 0 Å². The molecular formula is C27H35IrN2O2-. The van der Waals surface area contributed by atoms with E-state index in [0.717, 1.165) is 22.5 Å². The van der Waals surface area contributed by atoms with E-state index in [1.807, 2.05) is 96.1 Å². The molecule has 2 unspecified atom stereocenters. The van der Waals surface area contributed by atoms with Crippen LogP contribution in [0.25, 0.3) is 22.5 Å². The average molecular weight is 612 g/mol. The second kappa shape index (κ2) is 12.4. The molecule has 1 heterocycles. The third-order valence-corrected chi connectivity index (χ3v) is 5.16. The predicted molar refractivity (Wildman–Crippen MR) is 127 cm³/mol. The smallest absolute Gasteiger partial charge is 0.0613 e. The molecule has 0 amide bonds. The fourth-order valence-corrected chi connectivity index (χ4v) is 2.80. The third kappa shape index (κ3) is 8.55. The molecule has 0 aliphatic rings. The summed E-state index contributed by atoms with van der Waals surface area (Å²) in [4.78, 5) is 8.87. The second-order valence-corrected chi connectivity index (χ2v) is 9.90. The van der Waals surface area contributed by atoms with Gasteiger partial charge in [-0.3, -0.25) is 4.98 Å². The van der Waals surface area contributed by atoms with Crippen LogP contribution in [0.4, 0.5) is 0 Å². The minimum absolute atomic E-state index is 0. The zero-order valence-electron chi connectivity index (χ0n) is 19.8. The van der Waals surface area contributed by atoms with Gasteiger partial charge in [0, 0.05) is 44.6 Å². The molecule has 3 rings (SSSR count). The van der Waals surface area contributed by atoms with Gasteiger partial charge in [0.15, 0.2) is 0 Å². The molecule has 1 aromatic heterocycles. The first-order valence-corrected chi connectivity index (χ1v) is 10.7. The Kier molecular flexibility index (Phi) is 10.9. The van der Waals surface area contributed by atoms with Crippen molar-refractivity contribution >= 4 is 0 Å². The summed E-state index contributed by atoms with van der Waals surface area (Å²) in [6.07, 6.45) is 2.99. The molecule has 2 atom stereocenters. The Morgan fingerprint density at radius 2 is 1.25 bits per heavy atom. The number of benzene rings is 2. The summed E-state index contributed by atoms with van der Waals surface area (Å²) in [5.74, 6) is 0. The molecule has 0 aliphatic heterocycles. The maximum Gasteiger partial charge on any atom is 0.0613 e. The van der Waals surface area contributed by atoms with Gasteiger partial charge in [-0.2, -0.15) is 0 Å². The van der Waals surface area contributed by atoms with Crippen LogP contribution in [0.2, 0.25) is 0 Å². The Bertz CT molecular complexity index is 843. The van der Waals surface area contributed by atoms with Crippen molar-refractivity contribution in [2.45, 2.75) is 60.2 Å². The van der Waals surface area contributed by atoms with E-state index in [0.29, 0.717) is 6.42 Å². The van der Waals surface area contributed by atoms with E-state index in [9.17, 15) is 10.2 Å². The van der Waals surface area contributed by atoms with Gasteiger partial charge in [-0.1, -0.05) is 71.9 Å². The molecule has 3 aromatic rings. The van der Waals surface area contributed by atoms with Crippen LogP contribution < -0.4 is 0 Å². The summed E-state index contributed by atoms with van der Waals surface area (Å²) in [6.45, 7) is 11.9. The zero-order chi connectivity index (χ0) is 23.1. The molecule has 0 bridgehead atoms. The summed E-state index contributed by atoms with van der Waals surface area (Å²) in [5, 5.41) is 19.5. The number of hydrogen-bond donors (Lipinski definition) is 2. The monoisotopic (exact) mass is 612 g/mol. The Morgan fingerprint density at radius 3 is 1.72 bits per heavy atom. The van der Waals surface area contributed by atoms with Gasteiger partial charge in [-0.25, -0.2) is 0 Å². The first-order chi connectivity index (χ1) is 14.5. The van der Waals surface area contributed by atoms with E-state index < -0.39 is 12.2 Å². The molecule has 175 valence electrons. The molecule has 4 nitrogen and oxygen atoms in total. The first kappa shape index (κ1) is 28.1. The van der Waals surface area contributed by atoms with Crippen molar-refractivity contribution in [3.63, 3.8) is 0 Å². The van der Waals surface area contributed by atoms with Crippen molar-refractivity contribution in [2.24, 2.45) is 10.8 Å². The van der Waals surface area contributed by atoms with Gasteiger partial charge in [0.1, 0.15) is 0 Å². The van der Waals surface area contributed by atoms with Gasteiger partial charge in [-0.05, 0) is 16.4 Å².